The third-order valence-electron chi connectivity index (χ3n) is 3.53. The molecule has 4 rings (SSSR count). The van der Waals surface area contributed by atoms with Crippen LogP contribution >= 0.6 is 0 Å². The molecule has 1 aliphatic rings. The Morgan fingerprint density at radius 1 is 1.05 bits per heavy atom. The maximum absolute atomic E-state index is 10.6. The fourth-order valence-electron chi connectivity index (χ4n) is 2.44. The summed E-state index contributed by atoms with van der Waals surface area (Å²) in [6.07, 6.45) is 2.54. The largest absolute Gasteiger partial charge is 0.480 e. The number of benzene rings is 2. The molecule has 0 aliphatic carbocycles. The number of hydrogen-bond donors (Lipinski definition) is 3. The Morgan fingerprint density at radius 2 is 1.81 bits per heavy atom. The van der Waals surface area contributed by atoms with Gasteiger partial charge < -0.3 is 15.4 Å². The molecule has 0 amide bonds. The Bertz CT molecular complexity index is 709. The molecule has 21 heavy (non-hydrogen) atoms. The van der Waals surface area contributed by atoms with E-state index < -0.39 is 12.0 Å². The minimum atomic E-state index is -0.786. The van der Waals surface area contributed by atoms with Gasteiger partial charge >= 0.3 is 5.97 Å². The van der Waals surface area contributed by atoms with Gasteiger partial charge in [0.05, 0.1) is 0 Å². The van der Waals surface area contributed by atoms with Gasteiger partial charge in [-0.25, -0.2) is 4.79 Å². The summed E-state index contributed by atoms with van der Waals surface area (Å²) in [7, 11) is 0. The van der Waals surface area contributed by atoms with E-state index in [4.69, 9.17) is 5.11 Å². The Labute approximate surface area is 122 Å². The number of para-hydroxylation sites is 2. The van der Waals surface area contributed by atoms with Crippen molar-refractivity contribution in [2.24, 2.45) is 0 Å². The van der Waals surface area contributed by atoms with Gasteiger partial charge in [0, 0.05) is 23.8 Å². The monoisotopic (exact) mass is 280 g/mol. The van der Waals surface area contributed by atoms with Crippen LogP contribution in [-0.2, 0) is 11.2 Å². The van der Waals surface area contributed by atoms with Crippen LogP contribution in [0.3, 0.4) is 0 Å². The van der Waals surface area contributed by atoms with Crippen LogP contribution in [0.2, 0.25) is 0 Å². The van der Waals surface area contributed by atoms with Crippen LogP contribution in [-0.4, -0.2) is 22.1 Å². The zero-order valence-corrected chi connectivity index (χ0v) is 11.4. The zero-order chi connectivity index (χ0) is 14.7. The lowest BCUT2D eigenvalue weighted by Crippen LogP contribution is -2.26. The maximum atomic E-state index is 10.6. The van der Waals surface area contributed by atoms with Crippen LogP contribution in [0.1, 0.15) is 5.56 Å². The molecule has 1 atom stereocenters. The van der Waals surface area contributed by atoms with E-state index in [1.165, 1.54) is 10.9 Å². The van der Waals surface area contributed by atoms with Gasteiger partial charge in [0.1, 0.15) is 6.04 Å². The van der Waals surface area contributed by atoms with Crippen LogP contribution in [0.5, 0.6) is 0 Å². The third-order valence-corrected chi connectivity index (χ3v) is 3.53. The molecule has 0 radical (unpaired) electrons. The number of fused-ring (bicyclic) bond motifs is 2. The molecule has 2 heterocycles. The zero-order valence-electron chi connectivity index (χ0n) is 11.4. The highest BCUT2D eigenvalue weighted by Crippen LogP contribution is 2.24. The van der Waals surface area contributed by atoms with Crippen molar-refractivity contribution < 1.29 is 9.90 Å². The van der Waals surface area contributed by atoms with Gasteiger partial charge in [-0.05, 0) is 29.1 Å². The molecule has 0 saturated heterocycles. The molecule has 1 unspecified atom stereocenters. The van der Waals surface area contributed by atoms with E-state index in [1.807, 2.05) is 42.6 Å². The van der Waals surface area contributed by atoms with Crippen molar-refractivity contribution in [3.63, 3.8) is 0 Å². The van der Waals surface area contributed by atoms with Crippen LogP contribution in [0.25, 0.3) is 10.9 Å². The molecular formula is C17H16N2O2. The summed E-state index contributed by atoms with van der Waals surface area (Å²) in [5.41, 5.74) is 3.24. The molecular weight excluding hydrogens is 264 g/mol. The molecule has 0 fully saturated rings. The summed E-state index contributed by atoms with van der Waals surface area (Å²) in [5.74, 6) is -0.786. The van der Waals surface area contributed by atoms with Crippen molar-refractivity contribution in [2.45, 2.75) is 12.5 Å². The Kier molecular flexibility index (Phi) is 3.60. The van der Waals surface area contributed by atoms with E-state index in [9.17, 15) is 4.79 Å². The standard InChI is InChI=1S/C9H9NO2.C8H7N/c11-9(12)8-5-6-3-1-2-4-7(6)10-8;1-2-4-8-7(3-1)5-6-9-8/h1-4,8,10H,5H2,(H,11,12);1-6,9H. The Balaban J connectivity index is 0.000000131. The quantitative estimate of drug-likeness (QED) is 0.641. The highest BCUT2D eigenvalue weighted by Gasteiger charge is 2.25. The second-order valence-electron chi connectivity index (χ2n) is 4.96. The Hall–Kier alpha value is -2.75. The minimum absolute atomic E-state index is 0.442. The third kappa shape index (κ3) is 2.89. The molecule has 4 nitrogen and oxygen atoms in total. The first-order valence-electron chi connectivity index (χ1n) is 6.83. The van der Waals surface area contributed by atoms with Gasteiger partial charge in [-0.3, -0.25) is 0 Å². The maximum Gasteiger partial charge on any atom is 0.326 e. The summed E-state index contributed by atoms with van der Waals surface area (Å²) in [5, 5.41) is 12.9. The van der Waals surface area contributed by atoms with E-state index in [-0.39, 0.29) is 0 Å². The molecule has 106 valence electrons. The molecule has 4 heteroatoms. The first-order valence-corrected chi connectivity index (χ1v) is 6.83. The lowest BCUT2D eigenvalue weighted by Gasteiger charge is -2.02. The summed E-state index contributed by atoms with van der Waals surface area (Å²) >= 11 is 0. The first kappa shape index (κ1) is 13.2. The van der Waals surface area contributed by atoms with E-state index in [2.05, 4.69) is 28.5 Å². The van der Waals surface area contributed by atoms with Gasteiger partial charge in [-0.2, -0.15) is 0 Å². The highest BCUT2D eigenvalue weighted by atomic mass is 16.4. The van der Waals surface area contributed by atoms with Gasteiger partial charge in [-0.15, -0.1) is 0 Å². The number of nitrogens with one attached hydrogen (secondary N) is 2. The second-order valence-corrected chi connectivity index (χ2v) is 4.96. The number of rotatable bonds is 1. The smallest absolute Gasteiger partial charge is 0.326 e. The van der Waals surface area contributed by atoms with E-state index in [1.54, 1.807) is 0 Å². The van der Waals surface area contributed by atoms with Gasteiger partial charge in [0.15, 0.2) is 0 Å². The highest BCUT2D eigenvalue weighted by molar-refractivity contribution is 5.81. The Morgan fingerprint density at radius 3 is 2.57 bits per heavy atom. The SMILES string of the molecule is O=C(O)C1Cc2ccccc2N1.c1ccc2[nH]ccc2c1. The van der Waals surface area contributed by atoms with Gasteiger partial charge in [0.25, 0.3) is 0 Å². The van der Waals surface area contributed by atoms with Gasteiger partial charge in [0.2, 0.25) is 0 Å². The lowest BCUT2D eigenvalue weighted by molar-refractivity contribution is -0.137. The van der Waals surface area contributed by atoms with Crippen molar-refractivity contribution >= 4 is 22.6 Å². The number of aliphatic carboxylic acids is 1. The summed E-state index contributed by atoms with van der Waals surface area (Å²) in [4.78, 5) is 13.7. The number of H-pyrrole nitrogens is 1. The normalized spacial score (nSPS) is 15.7. The molecule has 3 N–H and O–H groups in total. The summed E-state index contributed by atoms with van der Waals surface area (Å²) in [6.45, 7) is 0. The summed E-state index contributed by atoms with van der Waals surface area (Å²) in [6, 6.07) is 17.5. The van der Waals surface area contributed by atoms with Crippen molar-refractivity contribution in [1.29, 1.82) is 0 Å². The second kappa shape index (κ2) is 5.71. The molecule has 1 aromatic heterocycles. The number of hydrogen-bond acceptors (Lipinski definition) is 2. The topological polar surface area (TPSA) is 65.1 Å². The van der Waals surface area contributed by atoms with E-state index in [0.717, 1.165) is 11.3 Å². The average Bonchev–Trinajstić information content (AvgIpc) is 3.14. The number of carbonyl (C=O) groups is 1. The predicted octanol–water partition coefficient (Wildman–Crippen LogP) is 3.28. The molecule has 3 aromatic rings. The van der Waals surface area contributed by atoms with Crippen LogP contribution in [0, 0.1) is 0 Å². The van der Waals surface area contributed by atoms with Gasteiger partial charge in [-0.1, -0.05) is 36.4 Å². The summed E-state index contributed by atoms with van der Waals surface area (Å²) < 4.78 is 0. The van der Waals surface area contributed by atoms with Crippen LogP contribution in [0.15, 0.2) is 60.8 Å². The predicted molar refractivity (Wildman–Crippen MR) is 83.5 cm³/mol. The molecule has 2 aromatic carbocycles. The molecule has 0 bridgehead atoms. The van der Waals surface area contributed by atoms with Crippen molar-refractivity contribution in [2.75, 3.05) is 5.32 Å². The number of aromatic amines is 1. The number of aromatic nitrogens is 1. The lowest BCUT2D eigenvalue weighted by atomic mass is 10.1. The fraction of sp³-hybridized carbons (Fsp3) is 0.118. The number of carboxylic acid groups (broad SMARTS) is 1. The molecule has 1 aliphatic heterocycles. The van der Waals surface area contributed by atoms with Crippen molar-refractivity contribution in [1.82, 2.24) is 4.98 Å². The number of anilines is 1. The van der Waals surface area contributed by atoms with Crippen molar-refractivity contribution in [3.05, 3.63) is 66.4 Å². The van der Waals surface area contributed by atoms with Crippen molar-refractivity contribution in [3.8, 4) is 0 Å². The van der Waals surface area contributed by atoms with E-state index in [0.29, 0.717) is 6.42 Å². The van der Waals surface area contributed by atoms with Crippen LogP contribution < -0.4 is 5.32 Å². The minimum Gasteiger partial charge on any atom is -0.480 e. The average molecular weight is 280 g/mol. The molecule has 0 saturated carbocycles. The fourth-order valence-corrected chi connectivity index (χ4v) is 2.44. The van der Waals surface area contributed by atoms with Crippen LogP contribution in [0.4, 0.5) is 5.69 Å². The molecule has 0 spiro atoms. The van der Waals surface area contributed by atoms with E-state index >= 15 is 0 Å². The first-order chi connectivity index (χ1) is 10.2. The number of carboxylic acids is 1.